The number of halogens is 5. The highest BCUT2D eigenvalue weighted by molar-refractivity contribution is 5.46. The Bertz CT molecular complexity index is 983. The Balaban J connectivity index is 1.33. The van der Waals surface area contributed by atoms with E-state index in [1.165, 1.54) is 6.92 Å². The summed E-state index contributed by atoms with van der Waals surface area (Å²) in [4.78, 5) is 0. The van der Waals surface area contributed by atoms with Crippen LogP contribution in [0.25, 0.3) is 0 Å². The lowest BCUT2D eigenvalue weighted by Gasteiger charge is -2.58. The van der Waals surface area contributed by atoms with Crippen LogP contribution in [-0.4, -0.2) is 53.0 Å². The molecule has 0 aromatic carbocycles. The number of ether oxygens (including phenoxy) is 3. The molecule has 2 saturated heterocycles. The first-order valence-electron chi connectivity index (χ1n) is 12.8. The number of hydrogen-bond donors (Lipinski definition) is 1. The number of epoxide rings is 1. The van der Waals surface area contributed by atoms with Crippen LogP contribution in [0.4, 0.5) is 22.0 Å². The van der Waals surface area contributed by atoms with Crippen molar-refractivity contribution in [3.63, 3.8) is 0 Å². The Morgan fingerprint density at radius 2 is 1.57 bits per heavy atom. The Kier molecular flexibility index (Phi) is 4.52. The summed E-state index contributed by atoms with van der Waals surface area (Å²) in [6.07, 6.45) is -1.26. The standard InChI is InChI=1S/C26H35F5O4/c1-18(2)14-33-22(34-15-18)11-12-23-17-5-7-20(4)16(19(17,3)9-10-21(23,13-22)35-23)6-8-24(20,32)25(27,28)26(29,30)31/h5,16,32H,6-15H2,1-4H3/t16-,19-,20?,21+,23+,24-/m0/s1. The second kappa shape index (κ2) is 6.44. The van der Waals surface area contributed by atoms with Gasteiger partial charge >= 0.3 is 12.1 Å². The van der Waals surface area contributed by atoms with E-state index in [-0.39, 0.29) is 18.3 Å². The van der Waals surface area contributed by atoms with Gasteiger partial charge in [-0.05, 0) is 55.4 Å². The largest absolute Gasteiger partial charge is 0.456 e. The molecule has 3 saturated carbocycles. The number of hydrogen-bond acceptors (Lipinski definition) is 4. The SMILES string of the molecule is CC1(C)COC2(CC[C@]34O[C@]3(CC[C@]3(C)C4=CCC4(C)[C@H]3CC[C@@]4(O)C(F)(F)C(F)(F)F)C2)OC1. The monoisotopic (exact) mass is 506 g/mol. The minimum absolute atomic E-state index is 0.0295. The van der Waals surface area contributed by atoms with Crippen LogP contribution in [0.3, 0.4) is 0 Å². The quantitative estimate of drug-likeness (QED) is 0.272. The van der Waals surface area contributed by atoms with Crippen molar-refractivity contribution in [2.75, 3.05) is 13.2 Å². The van der Waals surface area contributed by atoms with Gasteiger partial charge in [-0.2, -0.15) is 22.0 Å². The van der Waals surface area contributed by atoms with Crippen LogP contribution < -0.4 is 0 Å². The zero-order valence-corrected chi connectivity index (χ0v) is 20.8. The van der Waals surface area contributed by atoms with Crippen molar-refractivity contribution in [3.8, 4) is 0 Å². The van der Waals surface area contributed by atoms with Crippen LogP contribution in [0.1, 0.15) is 79.1 Å². The first kappa shape index (κ1) is 24.6. The van der Waals surface area contributed by atoms with Crippen LogP contribution in [0, 0.1) is 22.2 Å². The highest BCUT2D eigenvalue weighted by Gasteiger charge is 2.84. The summed E-state index contributed by atoms with van der Waals surface area (Å²) in [7, 11) is 0. The number of rotatable bonds is 1. The third kappa shape index (κ3) is 2.72. The second-order valence-corrected chi connectivity index (χ2v) is 13.4. The average Bonchev–Trinajstić information content (AvgIpc) is 3.34. The number of fused-ring (bicyclic) bond motifs is 3. The van der Waals surface area contributed by atoms with E-state index in [9.17, 15) is 27.1 Å². The highest BCUT2D eigenvalue weighted by atomic mass is 19.4. The van der Waals surface area contributed by atoms with E-state index in [0.717, 1.165) is 5.57 Å². The van der Waals surface area contributed by atoms with Crippen molar-refractivity contribution in [3.05, 3.63) is 11.6 Å². The number of aliphatic hydroxyl groups is 1. The summed E-state index contributed by atoms with van der Waals surface area (Å²) in [6.45, 7) is 8.81. The van der Waals surface area contributed by atoms with Gasteiger partial charge in [0.1, 0.15) is 16.8 Å². The predicted molar refractivity (Wildman–Crippen MR) is 116 cm³/mol. The molecule has 2 aliphatic heterocycles. The molecule has 0 amide bonds. The molecule has 9 heteroatoms. The van der Waals surface area contributed by atoms with Gasteiger partial charge in [0.15, 0.2) is 5.79 Å². The minimum atomic E-state index is -5.81. The van der Waals surface area contributed by atoms with Crippen molar-refractivity contribution >= 4 is 0 Å². The zero-order valence-electron chi connectivity index (χ0n) is 20.8. The minimum Gasteiger partial charge on any atom is -0.383 e. The number of allylic oxidation sites excluding steroid dienone is 1. The van der Waals surface area contributed by atoms with Crippen molar-refractivity contribution in [1.82, 2.24) is 0 Å². The Hall–Kier alpha value is -0.770. The van der Waals surface area contributed by atoms with Crippen molar-refractivity contribution in [2.45, 2.75) is 114 Å². The van der Waals surface area contributed by atoms with Crippen LogP contribution in [0.15, 0.2) is 11.6 Å². The van der Waals surface area contributed by atoms with Crippen molar-refractivity contribution in [1.29, 1.82) is 0 Å². The Labute approximate surface area is 202 Å². The maximum absolute atomic E-state index is 14.7. The normalized spacial score (nSPS) is 50.0. The lowest BCUT2D eigenvalue weighted by molar-refractivity contribution is -0.361. The predicted octanol–water partition coefficient (Wildman–Crippen LogP) is 5.92. The summed E-state index contributed by atoms with van der Waals surface area (Å²) in [6, 6.07) is 0. The van der Waals surface area contributed by atoms with E-state index in [1.54, 1.807) is 0 Å². The van der Waals surface area contributed by atoms with Gasteiger partial charge < -0.3 is 19.3 Å². The molecule has 0 aromatic heterocycles. The van der Waals surface area contributed by atoms with E-state index in [0.29, 0.717) is 45.3 Å². The van der Waals surface area contributed by atoms with Gasteiger partial charge in [-0.3, -0.25) is 0 Å². The smallest absolute Gasteiger partial charge is 0.383 e. The molecule has 6 aliphatic rings. The lowest BCUT2D eigenvalue weighted by Crippen LogP contribution is -2.66. The summed E-state index contributed by atoms with van der Waals surface area (Å²) < 4.78 is 88.9. The molecule has 4 nitrogen and oxygen atoms in total. The van der Waals surface area contributed by atoms with Crippen LogP contribution in [-0.2, 0) is 14.2 Å². The van der Waals surface area contributed by atoms with Crippen molar-refractivity contribution in [2.24, 2.45) is 22.2 Å². The van der Waals surface area contributed by atoms with Crippen molar-refractivity contribution < 1.29 is 41.3 Å². The molecule has 6 rings (SSSR count). The zero-order chi connectivity index (χ0) is 25.6. The first-order chi connectivity index (χ1) is 15.9. The molecule has 0 aromatic rings. The van der Waals surface area contributed by atoms with Gasteiger partial charge in [0.25, 0.3) is 0 Å². The van der Waals surface area contributed by atoms with E-state index in [2.05, 4.69) is 13.8 Å². The second-order valence-electron chi connectivity index (χ2n) is 13.4. The molecule has 0 radical (unpaired) electrons. The van der Waals surface area contributed by atoms with Gasteiger partial charge in [0.05, 0.1) is 13.2 Å². The summed E-state index contributed by atoms with van der Waals surface area (Å²) in [5.41, 5.74) is -5.36. The molecule has 6 atom stereocenters. The van der Waals surface area contributed by atoms with E-state index < -0.39 is 57.9 Å². The van der Waals surface area contributed by atoms with Gasteiger partial charge in [-0.1, -0.05) is 33.8 Å². The maximum Gasteiger partial charge on any atom is 0.456 e. The molecule has 2 heterocycles. The fourth-order valence-corrected chi connectivity index (χ4v) is 8.88. The molecule has 5 fully saturated rings. The Morgan fingerprint density at radius 3 is 2.20 bits per heavy atom. The van der Waals surface area contributed by atoms with E-state index in [4.69, 9.17) is 14.2 Å². The molecule has 198 valence electrons. The van der Waals surface area contributed by atoms with Crippen LogP contribution >= 0.6 is 0 Å². The van der Waals surface area contributed by atoms with Gasteiger partial charge in [-0.25, -0.2) is 0 Å². The fourth-order valence-electron chi connectivity index (χ4n) is 8.88. The summed E-state index contributed by atoms with van der Waals surface area (Å²) in [5, 5.41) is 11.1. The molecule has 35 heavy (non-hydrogen) atoms. The van der Waals surface area contributed by atoms with Gasteiger partial charge in [0.2, 0.25) is 0 Å². The summed E-state index contributed by atoms with van der Waals surface area (Å²) >= 11 is 0. The third-order valence-corrected chi connectivity index (χ3v) is 10.9. The maximum atomic E-state index is 14.7. The van der Waals surface area contributed by atoms with Crippen LogP contribution in [0.2, 0.25) is 0 Å². The molecule has 1 spiro atoms. The average molecular weight is 507 g/mol. The first-order valence-corrected chi connectivity index (χ1v) is 12.8. The van der Waals surface area contributed by atoms with Gasteiger partial charge in [-0.15, -0.1) is 0 Å². The van der Waals surface area contributed by atoms with E-state index in [1.807, 2.05) is 13.0 Å². The topological polar surface area (TPSA) is 51.2 Å². The summed E-state index contributed by atoms with van der Waals surface area (Å²) in [5.74, 6) is -6.36. The van der Waals surface area contributed by atoms with E-state index >= 15 is 0 Å². The Morgan fingerprint density at radius 1 is 0.914 bits per heavy atom. The fraction of sp³-hybridized carbons (Fsp3) is 0.923. The molecule has 1 N–H and O–H groups in total. The number of alkyl halides is 5. The third-order valence-electron chi connectivity index (χ3n) is 10.9. The lowest BCUT2D eigenvalue weighted by atomic mass is 9.46. The molecule has 0 bridgehead atoms. The molecular weight excluding hydrogens is 471 g/mol. The molecular formula is C26H35F5O4. The highest BCUT2D eigenvalue weighted by Crippen LogP contribution is 2.78. The van der Waals surface area contributed by atoms with Crippen LogP contribution in [0.5, 0.6) is 0 Å². The van der Waals surface area contributed by atoms with Gasteiger partial charge in [0, 0.05) is 23.7 Å². The molecule has 4 aliphatic carbocycles. The molecule has 1 unspecified atom stereocenters.